The summed E-state index contributed by atoms with van der Waals surface area (Å²) in [6.07, 6.45) is 5.19. The SMILES string of the molecule is CC1CC(C)CN(S(=O)(=O)c2ccc(C(=O)NCc3ccc(OCC4CC4)nc3)cc2)C1. The number of ether oxygens (including phenoxy) is 1. The van der Waals surface area contributed by atoms with Crippen LogP contribution in [0.15, 0.2) is 47.5 Å². The Morgan fingerprint density at radius 1 is 1.09 bits per heavy atom. The molecule has 1 saturated heterocycles. The minimum atomic E-state index is -3.55. The molecule has 2 fully saturated rings. The Balaban J connectivity index is 1.32. The lowest BCUT2D eigenvalue weighted by Crippen LogP contribution is -2.42. The Hall–Kier alpha value is -2.45. The number of carbonyl (C=O) groups excluding carboxylic acids is 1. The molecule has 1 aromatic heterocycles. The van der Waals surface area contributed by atoms with Crippen LogP contribution in [0, 0.1) is 17.8 Å². The van der Waals surface area contributed by atoms with Crippen molar-refractivity contribution in [1.29, 1.82) is 0 Å². The molecule has 2 aliphatic rings. The number of benzene rings is 1. The van der Waals surface area contributed by atoms with E-state index in [1.165, 1.54) is 25.0 Å². The maximum atomic E-state index is 13.0. The monoisotopic (exact) mass is 457 g/mol. The molecular weight excluding hydrogens is 426 g/mol. The number of carbonyl (C=O) groups is 1. The third-order valence-corrected chi connectivity index (χ3v) is 7.85. The van der Waals surface area contributed by atoms with Crippen LogP contribution in [-0.4, -0.2) is 43.3 Å². The van der Waals surface area contributed by atoms with Crippen molar-refractivity contribution < 1.29 is 17.9 Å². The fourth-order valence-corrected chi connectivity index (χ4v) is 5.78. The Labute approximate surface area is 190 Å². The number of aromatic nitrogens is 1. The molecule has 2 unspecified atom stereocenters. The van der Waals surface area contributed by atoms with E-state index in [1.807, 2.05) is 12.1 Å². The highest BCUT2D eigenvalue weighted by atomic mass is 32.2. The fourth-order valence-electron chi connectivity index (χ4n) is 4.10. The van der Waals surface area contributed by atoms with Crippen molar-refractivity contribution in [2.75, 3.05) is 19.7 Å². The maximum absolute atomic E-state index is 13.0. The van der Waals surface area contributed by atoms with Gasteiger partial charge in [-0.15, -0.1) is 0 Å². The zero-order valence-electron chi connectivity index (χ0n) is 18.7. The number of hydrogen-bond acceptors (Lipinski definition) is 5. The Kier molecular flexibility index (Phi) is 6.81. The second-order valence-corrected chi connectivity index (χ2v) is 11.2. The molecule has 0 radical (unpaired) electrons. The third kappa shape index (κ3) is 5.66. The summed E-state index contributed by atoms with van der Waals surface area (Å²) in [5.74, 6) is 1.69. The number of hydrogen-bond donors (Lipinski definition) is 1. The van der Waals surface area contributed by atoms with E-state index >= 15 is 0 Å². The number of amides is 1. The number of rotatable bonds is 8. The summed E-state index contributed by atoms with van der Waals surface area (Å²) >= 11 is 0. The van der Waals surface area contributed by atoms with Gasteiger partial charge in [0.25, 0.3) is 5.91 Å². The highest BCUT2D eigenvalue weighted by molar-refractivity contribution is 7.89. The number of pyridine rings is 1. The largest absolute Gasteiger partial charge is 0.477 e. The molecular formula is C24H31N3O4S. The van der Waals surface area contributed by atoms with E-state index in [1.54, 1.807) is 22.6 Å². The number of piperidine rings is 1. The van der Waals surface area contributed by atoms with Crippen molar-refractivity contribution in [2.24, 2.45) is 17.8 Å². The fraction of sp³-hybridized carbons (Fsp3) is 0.500. The van der Waals surface area contributed by atoms with Gasteiger partial charge in [-0.05, 0) is 66.8 Å². The van der Waals surface area contributed by atoms with Crippen LogP contribution < -0.4 is 10.1 Å². The second kappa shape index (κ2) is 9.58. The molecule has 2 atom stereocenters. The smallest absolute Gasteiger partial charge is 0.251 e. The molecule has 1 N–H and O–H groups in total. The van der Waals surface area contributed by atoms with Crippen molar-refractivity contribution in [1.82, 2.24) is 14.6 Å². The van der Waals surface area contributed by atoms with Crippen LogP contribution in [-0.2, 0) is 16.6 Å². The van der Waals surface area contributed by atoms with Crippen LogP contribution in [0.5, 0.6) is 5.88 Å². The molecule has 2 heterocycles. The lowest BCUT2D eigenvalue weighted by atomic mass is 9.94. The van der Waals surface area contributed by atoms with Gasteiger partial charge < -0.3 is 10.1 Å². The van der Waals surface area contributed by atoms with Gasteiger partial charge in [0.05, 0.1) is 11.5 Å². The quantitative estimate of drug-likeness (QED) is 0.656. The van der Waals surface area contributed by atoms with Gasteiger partial charge >= 0.3 is 0 Å². The zero-order valence-corrected chi connectivity index (χ0v) is 19.5. The Bertz CT molecular complexity index is 1020. The summed E-state index contributed by atoms with van der Waals surface area (Å²) in [6.45, 7) is 6.27. The van der Waals surface area contributed by atoms with Crippen molar-refractivity contribution in [3.63, 3.8) is 0 Å². The minimum Gasteiger partial charge on any atom is -0.477 e. The molecule has 0 spiro atoms. The van der Waals surface area contributed by atoms with E-state index in [9.17, 15) is 13.2 Å². The Morgan fingerprint density at radius 2 is 1.78 bits per heavy atom. The molecule has 1 aromatic carbocycles. The molecule has 2 aromatic rings. The van der Waals surface area contributed by atoms with E-state index < -0.39 is 10.0 Å². The first kappa shape index (κ1) is 22.7. The molecule has 172 valence electrons. The summed E-state index contributed by atoms with van der Waals surface area (Å²) < 4.78 is 33.2. The van der Waals surface area contributed by atoms with E-state index in [0.29, 0.717) is 55.4 Å². The van der Waals surface area contributed by atoms with E-state index in [2.05, 4.69) is 24.1 Å². The molecule has 1 amide bonds. The lowest BCUT2D eigenvalue weighted by molar-refractivity contribution is 0.0950. The molecule has 1 aliphatic carbocycles. The van der Waals surface area contributed by atoms with Gasteiger partial charge in [-0.1, -0.05) is 19.9 Å². The standard InChI is InChI=1S/C24H31N3O4S/c1-17-11-18(2)15-27(14-17)32(29,30)22-8-6-21(7-9-22)24(28)26-13-20-5-10-23(25-12-20)31-16-19-3-4-19/h5-10,12,17-19H,3-4,11,13-16H2,1-2H3,(H,26,28). The van der Waals surface area contributed by atoms with Crippen LogP contribution in [0.25, 0.3) is 0 Å². The average molecular weight is 458 g/mol. The van der Waals surface area contributed by atoms with Crippen molar-refractivity contribution >= 4 is 15.9 Å². The van der Waals surface area contributed by atoms with Gasteiger partial charge in [0.1, 0.15) is 0 Å². The number of nitrogens with zero attached hydrogens (tertiary/aromatic N) is 2. The minimum absolute atomic E-state index is 0.223. The van der Waals surface area contributed by atoms with Crippen LogP contribution in [0.2, 0.25) is 0 Å². The van der Waals surface area contributed by atoms with E-state index in [0.717, 1.165) is 12.0 Å². The van der Waals surface area contributed by atoms with Gasteiger partial charge in [-0.25, -0.2) is 13.4 Å². The topological polar surface area (TPSA) is 88.6 Å². The van der Waals surface area contributed by atoms with Crippen LogP contribution in [0.1, 0.15) is 49.0 Å². The van der Waals surface area contributed by atoms with Crippen molar-refractivity contribution in [2.45, 2.75) is 44.6 Å². The van der Waals surface area contributed by atoms with Gasteiger partial charge in [-0.3, -0.25) is 4.79 Å². The van der Waals surface area contributed by atoms with E-state index in [4.69, 9.17) is 4.74 Å². The summed E-state index contributed by atoms with van der Waals surface area (Å²) in [4.78, 5) is 17.0. The van der Waals surface area contributed by atoms with Crippen LogP contribution in [0.3, 0.4) is 0 Å². The molecule has 1 aliphatic heterocycles. The number of nitrogens with one attached hydrogen (secondary N) is 1. The molecule has 1 saturated carbocycles. The summed E-state index contributed by atoms with van der Waals surface area (Å²) in [5.41, 5.74) is 1.28. The first-order valence-corrected chi connectivity index (χ1v) is 12.7. The second-order valence-electron chi connectivity index (χ2n) is 9.23. The summed E-state index contributed by atoms with van der Waals surface area (Å²) in [6, 6.07) is 9.85. The highest BCUT2D eigenvalue weighted by Crippen LogP contribution is 2.29. The van der Waals surface area contributed by atoms with Gasteiger partial charge in [0.2, 0.25) is 15.9 Å². The molecule has 7 nitrogen and oxygen atoms in total. The van der Waals surface area contributed by atoms with Gasteiger partial charge in [0, 0.05) is 37.5 Å². The maximum Gasteiger partial charge on any atom is 0.251 e. The average Bonchev–Trinajstić information content (AvgIpc) is 3.61. The lowest BCUT2D eigenvalue weighted by Gasteiger charge is -2.34. The van der Waals surface area contributed by atoms with Gasteiger partial charge in [0.15, 0.2) is 0 Å². The molecule has 4 rings (SSSR count). The first-order valence-electron chi connectivity index (χ1n) is 11.3. The summed E-state index contributed by atoms with van der Waals surface area (Å²) in [5, 5.41) is 2.85. The van der Waals surface area contributed by atoms with Crippen molar-refractivity contribution in [3.05, 3.63) is 53.7 Å². The highest BCUT2D eigenvalue weighted by Gasteiger charge is 2.31. The molecule has 8 heteroatoms. The van der Waals surface area contributed by atoms with Crippen molar-refractivity contribution in [3.8, 4) is 5.88 Å². The predicted molar refractivity (Wildman–Crippen MR) is 122 cm³/mol. The molecule has 0 bridgehead atoms. The zero-order chi connectivity index (χ0) is 22.7. The number of sulfonamides is 1. The van der Waals surface area contributed by atoms with Gasteiger partial charge in [-0.2, -0.15) is 4.31 Å². The first-order chi connectivity index (χ1) is 15.3. The normalized spacial score (nSPS) is 21.8. The van der Waals surface area contributed by atoms with Crippen LogP contribution in [0.4, 0.5) is 0 Å². The predicted octanol–water partition coefficient (Wildman–Crippen LogP) is 3.47. The molecule has 32 heavy (non-hydrogen) atoms. The summed E-state index contributed by atoms with van der Waals surface area (Å²) in [7, 11) is -3.55. The third-order valence-electron chi connectivity index (χ3n) is 6.00. The van der Waals surface area contributed by atoms with E-state index in [-0.39, 0.29) is 10.8 Å². The Morgan fingerprint density at radius 3 is 2.38 bits per heavy atom. The van der Waals surface area contributed by atoms with Crippen LogP contribution >= 0.6 is 0 Å².